The molecular weight excluding hydrogens is 256 g/mol. The molecule has 0 aromatic carbocycles. The first-order valence-corrected chi connectivity index (χ1v) is 6.40. The van der Waals surface area contributed by atoms with E-state index in [1.54, 1.807) is 27.7 Å². The lowest BCUT2D eigenvalue weighted by molar-refractivity contribution is -0.114. The van der Waals surface area contributed by atoms with E-state index in [-0.39, 0.29) is 24.7 Å². The molecule has 4 atom stereocenters. The number of rotatable bonds is 8. The molecule has 108 valence electrons. The standard InChI is InChI=1S/C14H20N4O2/c1-11(7-15)5-13(3,9-19)17-18-14(4,10-20)6-12(2)8-16/h9-12H,5-6H2,1-4H3. The smallest absolute Gasteiger partial charge is 0.149 e. The third-order valence-electron chi connectivity index (χ3n) is 2.89. The van der Waals surface area contributed by atoms with Crippen LogP contribution >= 0.6 is 0 Å². The van der Waals surface area contributed by atoms with Crippen LogP contribution in [0.4, 0.5) is 0 Å². The summed E-state index contributed by atoms with van der Waals surface area (Å²) >= 11 is 0. The average Bonchev–Trinajstić information content (AvgIpc) is 2.45. The summed E-state index contributed by atoms with van der Waals surface area (Å²) in [6, 6.07) is 4.07. The molecule has 20 heavy (non-hydrogen) atoms. The molecule has 0 aliphatic heterocycles. The van der Waals surface area contributed by atoms with Crippen molar-refractivity contribution in [2.45, 2.75) is 51.6 Å². The Morgan fingerprint density at radius 3 is 1.45 bits per heavy atom. The number of nitrogens with zero attached hydrogens (tertiary/aromatic N) is 4. The number of azo groups is 1. The Labute approximate surface area is 119 Å². The molecule has 0 spiro atoms. The molecule has 0 aliphatic rings. The summed E-state index contributed by atoms with van der Waals surface area (Å²) in [5.74, 6) is -0.686. The predicted octanol–water partition coefficient (Wildman–Crippen LogP) is 2.45. The number of hydrogen-bond acceptors (Lipinski definition) is 6. The van der Waals surface area contributed by atoms with Gasteiger partial charge in [0.1, 0.15) is 23.7 Å². The van der Waals surface area contributed by atoms with Crippen LogP contribution in [0.3, 0.4) is 0 Å². The van der Waals surface area contributed by atoms with Gasteiger partial charge in [-0.15, -0.1) is 0 Å². The van der Waals surface area contributed by atoms with E-state index in [4.69, 9.17) is 10.5 Å². The van der Waals surface area contributed by atoms with Crippen LogP contribution in [0.1, 0.15) is 40.5 Å². The van der Waals surface area contributed by atoms with Crippen molar-refractivity contribution in [2.24, 2.45) is 22.1 Å². The van der Waals surface area contributed by atoms with E-state index in [9.17, 15) is 9.59 Å². The maximum Gasteiger partial charge on any atom is 0.149 e. The van der Waals surface area contributed by atoms with Crippen molar-refractivity contribution in [1.82, 2.24) is 0 Å². The van der Waals surface area contributed by atoms with Crippen molar-refractivity contribution in [3.05, 3.63) is 0 Å². The van der Waals surface area contributed by atoms with Crippen molar-refractivity contribution < 1.29 is 9.59 Å². The normalized spacial score (nSPS) is 19.9. The molecule has 6 nitrogen and oxygen atoms in total. The topological polar surface area (TPSA) is 106 Å². The largest absolute Gasteiger partial charge is 0.301 e. The second kappa shape index (κ2) is 7.49. The van der Waals surface area contributed by atoms with Crippen molar-refractivity contribution in [2.75, 3.05) is 0 Å². The second-order valence-corrected chi connectivity index (χ2v) is 5.62. The molecule has 4 unspecified atom stereocenters. The number of aldehydes is 2. The quantitative estimate of drug-likeness (QED) is 0.501. The van der Waals surface area contributed by atoms with Gasteiger partial charge in [-0.3, -0.25) is 0 Å². The van der Waals surface area contributed by atoms with E-state index in [2.05, 4.69) is 10.2 Å². The van der Waals surface area contributed by atoms with E-state index < -0.39 is 11.1 Å². The Bertz CT molecular complexity index is 421. The fourth-order valence-electron chi connectivity index (χ4n) is 1.78. The Kier molecular flexibility index (Phi) is 6.72. The number of carbonyl (C=O) groups is 2. The highest BCUT2D eigenvalue weighted by atomic mass is 16.1. The molecule has 0 rings (SSSR count). The summed E-state index contributed by atoms with van der Waals surface area (Å²) in [4.78, 5) is 22.3. The monoisotopic (exact) mass is 276 g/mol. The van der Waals surface area contributed by atoms with Gasteiger partial charge in [0.25, 0.3) is 0 Å². The zero-order valence-corrected chi connectivity index (χ0v) is 12.3. The fourth-order valence-corrected chi connectivity index (χ4v) is 1.78. The van der Waals surface area contributed by atoms with Gasteiger partial charge in [-0.05, 0) is 40.5 Å². The van der Waals surface area contributed by atoms with Gasteiger partial charge < -0.3 is 9.59 Å². The van der Waals surface area contributed by atoms with Gasteiger partial charge in [0.15, 0.2) is 0 Å². The molecule has 0 bridgehead atoms. The lowest BCUT2D eigenvalue weighted by atomic mass is 9.92. The maximum atomic E-state index is 11.2. The highest BCUT2D eigenvalue weighted by Crippen LogP contribution is 2.24. The maximum absolute atomic E-state index is 11.2. The summed E-state index contributed by atoms with van der Waals surface area (Å²) in [7, 11) is 0. The minimum absolute atomic E-state index is 0.235. The van der Waals surface area contributed by atoms with Crippen molar-refractivity contribution >= 4 is 12.6 Å². The van der Waals surface area contributed by atoms with E-state index >= 15 is 0 Å². The highest BCUT2D eigenvalue weighted by molar-refractivity contribution is 5.65. The summed E-state index contributed by atoms with van der Waals surface area (Å²) in [5.41, 5.74) is -2.26. The van der Waals surface area contributed by atoms with Gasteiger partial charge in [-0.2, -0.15) is 20.8 Å². The van der Waals surface area contributed by atoms with E-state index in [1.165, 1.54) is 0 Å². The molecule has 0 heterocycles. The van der Waals surface area contributed by atoms with Crippen LogP contribution in [0.2, 0.25) is 0 Å². The molecule has 0 aliphatic carbocycles. The number of carbonyl (C=O) groups excluding carboxylic acids is 2. The van der Waals surface area contributed by atoms with Crippen molar-refractivity contribution in [3.8, 4) is 12.1 Å². The molecule has 0 fully saturated rings. The molecule has 0 amide bonds. The highest BCUT2D eigenvalue weighted by Gasteiger charge is 2.30. The first kappa shape index (κ1) is 17.9. The number of nitriles is 2. The first-order valence-electron chi connectivity index (χ1n) is 6.40. The molecule has 6 heteroatoms. The lowest BCUT2D eigenvalue weighted by Crippen LogP contribution is -2.30. The third kappa shape index (κ3) is 5.71. The zero-order valence-electron chi connectivity index (χ0n) is 12.3. The lowest BCUT2D eigenvalue weighted by Gasteiger charge is -2.22. The molecule has 0 aromatic rings. The van der Waals surface area contributed by atoms with Crippen LogP contribution in [0, 0.1) is 34.5 Å². The molecule has 0 N–H and O–H groups in total. The van der Waals surface area contributed by atoms with Crippen molar-refractivity contribution in [1.29, 1.82) is 10.5 Å². The molecule has 0 radical (unpaired) electrons. The Balaban J connectivity index is 5.11. The van der Waals surface area contributed by atoms with Crippen LogP contribution < -0.4 is 0 Å². The van der Waals surface area contributed by atoms with E-state index in [1.807, 2.05) is 12.1 Å². The van der Waals surface area contributed by atoms with Crippen LogP contribution in [0.25, 0.3) is 0 Å². The average molecular weight is 276 g/mol. The van der Waals surface area contributed by atoms with Crippen molar-refractivity contribution in [3.63, 3.8) is 0 Å². The SMILES string of the molecule is CC(C#N)CC(C)(C=O)N=NC(C)(C=O)CC(C)C#N. The molecular formula is C14H20N4O2. The minimum Gasteiger partial charge on any atom is -0.301 e. The third-order valence-corrected chi connectivity index (χ3v) is 2.89. The van der Waals surface area contributed by atoms with Gasteiger partial charge in [0.2, 0.25) is 0 Å². The Morgan fingerprint density at radius 1 is 0.950 bits per heavy atom. The summed E-state index contributed by atoms with van der Waals surface area (Å²) in [6.07, 6.45) is 1.73. The van der Waals surface area contributed by atoms with Crippen LogP contribution in [-0.4, -0.2) is 23.7 Å². The van der Waals surface area contributed by atoms with Gasteiger partial charge in [-0.25, -0.2) is 0 Å². The Morgan fingerprint density at radius 2 is 1.25 bits per heavy atom. The van der Waals surface area contributed by atoms with Gasteiger partial charge in [-0.1, -0.05) is 0 Å². The minimum atomic E-state index is -1.13. The molecule has 0 saturated heterocycles. The van der Waals surface area contributed by atoms with Crippen LogP contribution in [0.5, 0.6) is 0 Å². The molecule has 0 saturated carbocycles. The summed E-state index contributed by atoms with van der Waals surface area (Å²) in [5, 5.41) is 25.5. The van der Waals surface area contributed by atoms with Gasteiger partial charge in [0.05, 0.1) is 12.1 Å². The van der Waals surface area contributed by atoms with Gasteiger partial charge >= 0.3 is 0 Å². The molecule has 0 aromatic heterocycles. The summed E-state index contributed by atoms with van der Waals surface area (Å²) < 4.78 is 0. The van der Waals surface area contributed by atoms with Crippen LogP contribution in [0.15, 0.2) is 10.2 Å². The zero-order chi connectivity index (χ0) is 15.8. The van der Waals surface area contributed by atoms with Crippen LogP contribution in [-0.2, 0) is 9.59 Å². The fraction of sp³-hybridized carbons (Fsp3) is 0.714. The first-order chi connectivity index (χ1) is 9.24. The Hall–Kier alpha value is -2.08. The van der Waals surface area contributed by atoms with E-state index in [0.29, 0.717) is 12.6 Å². The number of hydrogen-bond donors (Lipinski definition) is 0. The summed E-state index contributed by atoms with van der Waals surface area (Å²) in [6.45, 7) is 6.51. The predicted molar refractivity (Wildman–Crippen MR) is 72.6 cm³/mol. The van der Waals surface area contributed by atoms with E-state index in [0.717, 1.165) is 0 Å². The van der Waals surface area contributed by atoms with Gasteiger partial charge in [0, 0.05) is 11.8 Å². The second-order valence-electron chi connectivity index (χ2n) is 5.62.